The lowest BCUT2D eigenvalue weighted by Gasteiger charge is -2.16. The van der Waals surface area contributed by atoms with Gasteiger partial charge in [-0.3, -0.25) is 4.79 Å². The number of hydrogen-bond donors (Lipinski definition) is 0. The van der Waals surface area contributed by atoms with E-state index in [0.717, 1.165) is 17.5 Å². The van der Waals surface area contributed by atoms with Crippen LogP contribution in [0, 0.1) is 5.82 Å². The number of aryl methyl sites for hydroxylation is 1. The molecule has 0 fully saturated rings. The molecular weight excluding hydrogens is 323 g/mol. The number of methoxy groups -OCH3 is 1. The maximum absolute atomic E-state index is 14.1. The van der Waals surface area contributed by atoms with Crippen LogP contribution < -0.4 is 9.47 Å². The number of ether oxygens (including phenoxy) is 3. The van der Waals surface area contributed by atoms with Gasteiger partial charge in [0.1, 0.15) is 12.4 Å². The van der Waals surface area contributed by atoms with Crippen LogP contribution in [0.3, 0.4) is 0 Å². The molecule has 0 atom stereocenters. The Balaban J connectivity index is 2.25. The zero-order valence-corrected chi connectivity index (χ0v) is 14.8. The van der Waals surface area contributed by atoms with Crippen molar-refractivity contribution in [3.8, 4) is 11.5 Å². The monoisotopic (exact) mass is 346 g/mol. The van der Waals surface area contributed by atoms with Crippen molar-refractivity contribution < 1.29 is 23.4 Å². The summed E-state index contributed by atoms with van der Waals surface area (Å²) < 4.78 is 30.1. The minimum atomic E-state index is -0.400. The van der Waals surface area contributed by atoms with Crippen molar-refractivity contribution in [3.63, 3.8) is 0 Å². The predicted molar refractivity (Wildman–Crippen MR) is 93.4 cm³/mol. The van der Waals surface area contributed by atoms with E-state index in [1.807, 2.05) is 32.0 Å². The third-order valence-corrected chi connectivity index (χ3v) is 3.87. The van der Waals surface area contributed by atoms with Gasteiger partial charge in [0.2, 0.25) is 0 Å². The molecule has 2 aromatic rings. The second-order valence-corrected chi connectivity index (χ2v) is 5.49. The van der Waals surface area contributed by atoms with Crippen molar-refractivity contribution in [2.45, 2.75) is 33.3 Å². The molecular formula is C20H23FO4. The molecule has 0 unspecified atom stereocenters. The van der Waals surface area contributed by atoms with E-state index in [9.17, 15) is 9.18 Å². The molecule has 0 saturated carbocycles. The van der Waals surface area contributed by atoms with Crippen LogP contribution in [0.2, 0.25) is 0 Å². The van der Waals surface area contributed by atoms with Gasteiger partial charge < -0.3 is 14.2 Å². The zero-order chi connectivity index (χ0) is 18.2. The minimum absolute atomic E-state index is 0.102. The number of rotatable bonds is 8. The average molecular weight is 346 g/mol. The first-order valence-electron chi connectivity index (χ1n) is 8.30. The molecule has 0 amide bonds. The minimum Gasteiger partial charge on any atom is -0.493 e. The van der Waals surface area contributed by atoms with Gasteiger partial charge in [-0.25, -0.2) is 4.39 Å². The number of carbonyl (C=O) groups excluding carboxylic acids is 1. The van der Waals surface area contributed by atoms with Crippen molar-refractivity contribution in [3.05, 3.63) is 58.9 Å². The van der Waals surface area contributed by atoms with Crippen LogP contribution in [0.4, 0.5) is 4.39 Å². The number of halogens is 1. The van der Waals surface area contributed by atoms with Crippen LogP contribution in [0.15, 0.2) is 36.4 Å². The summed E-state index contributed by atoms with van der Waals surface area (Å²) in [5.41, 5.74) is 2.36. The molecule has 2 aromatic carbocycles. The van der Waals surface area contributed by atoms with Crippen LogP contribution in [-0.2, 0) is 29.0 Å². The molecule has 0 heterocycles. The number of carbonyl (C=O) groups is 1. The summed E-state index contributed by atoms with van der Waals surface area (Å²) in [5, 5.41) is 0. The normalized spacial score (nSPS) is 10.4. The van der Waals surface area contributed by atoms with Crippen LogP contribution in [0.1, 0.15) is 30.5 Å². The van der Waals surface area contributed by atoms with Crippen molar-refractivity contribution in [2.24, 2.45) is 0 Å². The summed E-state index contributed by atoms with van der Waals surface area (Å²) in [6.45, 7) is 4.42. The fourth-order valence-corrected chi connectivity index (χ4v) is 2.49. The molecule has 0 aliphatic rings. The lowest BCUT2D eigenvalue weighted by molar-refractivity contribution is -0.139. The number of esters is 1. The zero-order valence-electron chi connectivity index (χ0n) is 14.8. The van der Waals surface area contributed by atoms with Crippen LogP contribution >= 0.6 is 0 Å². The quantitative estimate of drug-likeness (QED) is 0.676. The van der Waals surface area contributed by atoms with Crippen LogP contribution in [-0.4, -0.2) is 19.7 Å². The Morgan fingerprint density at radius 1 is 1.08 bits per heavy atom. The highest BCUT2D eigenvalue weighted by molar-refractivity contribution is 5.73. The standard InChI is InChI=1S/C20H23FO4/c1-4-14-9-10-19(17(21)11-14)25-13-16-15(12-20(22)23-3)7-6-8-18(16)24-5-2/h6-11H,4-5,12-13H2,1-3H3. The predicted octanol–water partition coefficient (Wildman–Crippen LogP) is 4.08. The highest BCUT2D eigenvalue weighted by Crippen LogP contribution is 2.27. The second-order valence-electron chi connectivity index (χ2n) is 5.49. The van der Waals surface area contributed by atoms with E-state index in [2.05, 4.69) is 0 Å². The van der Waals surface area contributed by atoms with Crippen molar-refractivity contribution in [1.29, 1.82) is 0 Å². The number of hydrogen-bond acceptors (Lipinski definition) is 4. The summed E-state index contributed by atoms with van der Waals surface area (Å²) >= 11 is 0. The highest BCUT2D eigenvalue weighted by Gasteiger charge is 2.15. The second kappa shape index (κ2) is 9.06. The molecule has 5 heteroatoms. The first-order valence-corrected chi connectivity index (χ1v) is 8.30. The Labute approximate surface area is 147 Å². The summed E-state index contributed by atoms with van der Waals surface area (Å²) in [4.78, 5) is 11.6. The van der Waals surface area contributed by atoms with Crippen molar-refractivity contribution in [2.75, 3.05) is 13.7 Å². The van der Waals surface area contributed by atoms with Gasteiger partial charge in [-0.05, 0) is 42.7 Å². The molecule has 0 spiro atoms. The molecule has 0 saturated heterocycles. The molecule has 0 radical (unpaired) electrons. The molecule has 0 aliphatic heterocycles. The fraction of sp³-hybridized carbons (Fsp3) is 0.350. The van der Waals surface area contributed by atoms with Gasteiger partial charge in [0.15, 0.2) is 11.6 Å². The van der Waals surface area contributed by atoms with Crippen LogP contribution in [0.5, 0.6) is 11.5 Å². The average Bonchev–Trinajstić information content (AvgIpc) is 2.62. The van der Waals surface area contributed by atoms with Gasteiger partial charge in [0.25, 0.3) is 0 Å². The van der Waals surface area contributed by atoms with E-state index in [1.54, 1.807) is 12.1 Å². The smallest absolute Gasteiger partial charge is 0.309 e. The molecule has 0 aliphatic carbocycles. The van der Waals surface area contributed by atoms with E-state index in [0.29, 0.717) is 17.9 Å². The van der Waals surface area contributed by atoms with Gasteiger partial charge in [0, 0.05) is 5.56 Å². The molecule has 25 heavy (non-hydrogen) atoms. The Morgan fingerprint density at radius 3 is 2.52 bits per heavy atom. The first-order chi connectivity index (χ1) is 12.1. The van der Waals surface area contributed by atoms with Gasteiger partial charge in [-0.15, -0.1) is 0 Å². The topological polar surface area (TPSA) is 44.8 Å². The summed E-state index contributed by atoms with van der Waals surface area (Å²) in [6.07, 6.45) is 0.862. The van der Waals surface area contributed by atoms with E-state index in [4.69, 9.17) is 14.2 Å². The van der Waals surface area contributed by atoms with Crippen molar-refractivity contribution in [1.82, 2.24) is 0 Å². The van der Waals surface area contributed by atoms with E-state index in [-0.39, 0.29) is 24.7 Å². The van der Waals surface area contributed by atoms with E-state index < -0.39 is 5.82 Å². The largest absolute Gasteiger partial charge is 0.493 e. The Morgan fingerprint density at radius 2 is 1.88 bits per heavy atom. The SMILES string of the molecule is CCOc1cccc(CC(=O)OC)c1COc1ccc(CC)cc1F. The highest BCUT2D eigenvalue weighted by atomic mass is 19.1. The lowest BCUT2D eigenvalue weighted by Crippen LogP contribution is -2.10. The Kier molecular flexibility index (Phi) is 6.81. The van der Waals surface area contributed by atoms with Gasteiger partial charge >= 0.3 is 5.97 Å². The fourth-order valence-electron chi connectivity index (χ4n) is 2.49. The lowest BCUT2D eigenvalue weighted by atomic mass is 10.0. The van der Waals surface area contributed by atoms with Crippen molar-refractivity contribution >= 4 is 5.97 Å². The Hall–Kier alpha value is -2.56. The third-order valence-electron chi connectivity index (χ3n) is 3.87. The summed E-state index contributed by atoms with van der Waals surface area (Å²) in [7, 11) is 1.34. The van der Waals surface area contributed by atoms with Gasteiger partial charge in [-0.1, -0.05) is 25.1 Å². The molecule has 4 nitrogen and oxygen atoms in total. The summed E-state index contributed by atoms with van der Waals surface area (Å²) in [6, 6.07) is 10.4. The molecule has 0 aromatic heterocycles. The summed E-state index contributed by atoms with van der Waals surface area (Å²) in [5.74, 6) is 0.0399. The van der Waals surface area contributed by atoms with E-state index >= 15 is 0 Å². The van der Waals surface area contributed by atoms with E-state index in [1.165, 1.54) is 13.2 Å². The molecule has 2 rings (SSSR count). The maximum atomic E-state index is 14.1. The van der Waals surface area contributed by atoms with Gasteiger partial charge in [-0.2, -0.15) is 0 Å². The third kappa shape index (κ3) is 4.95. The first kappa shape index (κ1) is 18.8. The van der Waals surface area contributed by atoms with Gasteiger partial charge in [0.05, 0.1) is 20.1 Å². The van der Waals surface area contributed by atoms with Crippen LogP contribution in [0.25, 0.3) is 0 Å². The number of benzene rings is 2. The molecule has 134 valence electrons. The molecule has 0 N–H and O–H groups in total. The Bertz CT molecular complexity index is 728. The molecule has 0 bridgehead atoms. The maximum Gasteiger partial charge on any atom is 0.309 e.